The summed E-state index contributed by atoms with van der Waals surface area (Å²) in [5.74, 6) is 5.32. The van der Waals surface area contributed by atoms with Crippen LogP contribution in [0.1, 0.15) is 105 Å². The van der Waals surface area contributed by atoms with E-state index in [1.54, 1.807) is 5.57 Å². The van der Waals surface area contributed by atoms with E-state index >= 15 is 0 Å². The van der Waals surface area contributed by atoms with Crippen molar-refractivity contribution in [3.05, 3.63) is 11.6 Å². The first kappa shape index (κ1) is 22.4. The van der Waals surface area contributed by atoms with Gasteiger partial charge in [-0.2, -0.15) is 0 Å². The average molecular weight is 415 g/mol. The third-order valence-corrected chi connectivity index (χ3v) is 10.5. The van der Waals surface area contributed by atoms with Crippen molar-refractivity contribution in [2.45, 2.75) is 111 Å². The molecule has 0 bridgehead atoms. The second-order valence-corrected chi connectivity index (χ2v) is 12.4. The molecule has 0 spiro atoms. The summed E-state index contributed by atoms with van der Waals surface area (Å²) < 4.78 is 5.36. The van der Waals surface area contributed by atoms with Gasteiger partial charge in [0.25, 0.3) is 6.47 Å². The number of hydrogen-bond acceptors (Lipinski definition) is 2. The van der Waals surface area contributed by atoms with Crippen LogP contribution in [0.5, 0.6) is 0 Å². The van der Waals surface area contributed by atoms with E-state index < -0.39 is 0 Å². The minimum Gasteiger partial charge on any atom is -0.464 e. The zero-order valence-electron chi connectivity index (χ0n) is 20.3. The molecule has 0 heterocycles. The van der Waals surface area contributed by atoms with Gasteiger partial charge in [0.1, 0.15) is 6.10 Å². The maximum absolute atomic E-state index is 10.8. The van der Waals surface area contributed by atoms with Gasteiger partial charge < -0.3 is 4.74 Å². The molecule has 0 amide bonds. The van der Waals surface area contributed by atoms with E-state index in [1.807, 2.05) is 0 Å². The van der Waals surface area contributed by atoms with Crippen LogP contribution in [0.25, 0.3) is 0 Å². The molecular formula is C28H46O2. The van der Waals surface area contributed by atoms with Gasteiger partial charge in [0, 0.05) is 6.42 Å². The normalized spacial score (nSPS) is 43.9. The van der Waals surface area contributed by atoms with Crippen LogP contribution in [-0.4, -0.2) is 12.6 Å². The summed E-state index contributed by atoms with van der Waals surface area (Å²) in [7, 11) is 0. The molecule has 0 aromatic carbocycles. The van der Waals surface area contributed by atoms with Gasteiger partial charge >= 0.3 is 0 Å². The molecule has 2 nitrogen and oxygen atoms in total. The van der Waals surface area contributed by atoms with E-state index in [-0.39, 0.29) is 6.10 Å². The van der Waals surface area contributed by atoms with Crippen LogP contribution in [0.3, 0.4) is 0 Å². The molecular weight excluding hydrogens is 368 g/mol. The van der Waals surface area contributed by atoms with Crippen LogP contribution in [0.15, 0.2) is 11.6 Å². The highest BCUT2D eigenvalue weighted by atomic mass is 16.5. The fourth-order valence-electron chi connectivity index (χ4n) is 8.85. The van der Waals surface area contributed by atoms with Gasteiger partial charge in [-0.1, -0.05) is 65.5 Å². The van der Waals surface area contributed by atoms with Crippen LogP contribution < -0.4 is 0 Å². The van der Waals surface area contributed by atoms with E-state index in [1.165, 1.54) is 57.8 Å². The van der Waals surface area contributed by atoms with Crippen molar-refractivity contribution in [3.8, 4) is 0 Å². The molecule has 3 fully saturated rings. The molecule has 0 aromatic heterocycles. The monoisotopic (exact) mass is 414 g/mol. The first-order valence-corrected chi connectivity index (χ1v) is 13.1. The first-order valence-electron chi connectivity index (χ1n) is 13.1. The zero-order chi connectivity index (χ0) is 21.5. The number of fused-ring (bicyclic) bond motifs is 5. The number of carbonyl (C=O) groups is 1. The first-order chi connectivity index (χ1) is 14.3. The fourth-order valence-corrected chi connectivity index (χ4v) is 8.85. The Morgan fingerprint density at radius 3 is 2.60 bits per heavy atom. The molecule has 5 unspecified atom stereocenters. The Labute approximate surface area is 185 Å². The minimum atomic E-state index is 0.120. The van der Waals surface area contributed by atoms with Crippen LogP contribution >= 0.6 is 0 Å². The maximum Gasteiger partial charge on any atom is 0.293 e. The summed E-state index contributed by atoms with van der Waals surface area (Å²) in [4.78, 5) is 10.8. The molecule has 4 aliphatic carbocycles. The lowest BCUT2D eigenvalue weighted by atomic mass is 9.47. The van der Waals surface area contributed by atoms with E-state index in [9.17, 15) is 4.79 Å². The van der Waals surface area contributed by atoms with E-state index in [0.717, 1.165) is 48.3 Å². The van der Waals surface area contributed by atoms with Gasteiger partial charge in [-0.15, -0.1) is 0 Å². The Morgan fingerprint density at radius 1 is 1.07 bits per heavy atom. The van der Waals surface area contributed by atoms with Gasteiger partial charge in [0.2, 0.25) is 0 Å². The summed E-state index contributed by atoms with van der Waals surface area (Å²) in [5.41, 5.74) is 2.54. The molecule has 0 N–H and O–H groups in total. The van der Waals surface area contributed by atoms with Gasteiger partial charge in [-0.05, 0) is 91.3 Å². The second kappa shape index (κ2) is 8.62. The third kappa shape index (κ3) is 3.79. The maximum atomic E-state index is 10.8. The summed E-state index contributed by atoms with van der Waals surface area (Å²) in [5, 5.41) is 0. The molecule has 170 valence electrons. The van der Waals surface area contributed by atoms with Gasteiger partial charge in [-0.25, -0.2) is 0 Å². The molecule has 2 heteroatoms. The molecule has 0 aromatic rings. The lowest BCUT2D eigenvalue weighted by Crippen LogP contribution is -2.51. The quantitative estimate of drug-likeness (QED) is 0.317. The lowest BCUT2D eigenvalue weighted by Gasteiger charge is -2.58. The lowest BCUT2D eigenvalue weighted by molar-refractivity contribution is -0.136. The third-order valence-electron chi connectivity index (χ3n) is 10.5. The zero-order valence-corrected chi connectivity index (χ0v) is 20.3. The number of hydrogen-bond donors (Lipinski definition) is 0. The molecule has 0 saturated heterocycles. The van der Waals surface area contributed by atoms with Crippen LogP contribution in [0.4, 0.5) is 0 Å². The van der Waals surface area contributed by atoms with E-state index in [0.29, 0.717) is 17.3 Å². The second-order valence-electron chi connectivity index (χ2n) is 12.4. The van der Waals surface area contributed by atoms with Gasteiger partial charge in [-0.3, -0.25) is 4.79 Å². The highest BCUT2D eigenvalue weighted by Crippen LogP contribution is 2.67. The Morgan fingerprint density at radius 2 is 1.87 bits per heavy atom. The standard InChI is InChI=1S/C28H46O2/c1-19(2)7-6-8-20(3)24-11-12-25-23-10-9-21-17-22(30-18-29)13-15-27(21,4)26(23)14-16-28(24,25)5/h9,18-20,22-26H,6-8,10-17H2,1-5H3/t20-,22?,23?,24?,25?,26?,27+,28-/m1/s1. The Kier molecular flexibility index (Phi) is 6.44. The predicted octanol–water partition coefficient (Wildman–Crippen LogP) is 7.57. The number of ether oxygens (including phenoxy) is 1. The van der Waals surface area contributed by atoms with Crippen molar-refractivity contribution in [1.29, 1.82) is 0 Å². The summed E-state index contributed by atoms with van der Waals surface area (Å²) in [6.45, 7) is 13.2. The number of carbonyl (C=O) groups excluding carboxylic acids is 1. The minimum absolute atomic E-state index is 0.120. The average Bonchev–Trinajstić information content (AvgIpc) is 3.05. The summed E-state index contributed by atoms with van der Waals surface area (Å²) in [6, 6.07) is 0. The summed E-state index contributed by atoms with van der Waals surface area (Å²) >= 11 is 0. The molecule has 0 aliphatic heterocycles. The summed E-state index contributed by atoms with van der Waals surface area (Å²) in [6.07, 6.45) is 17.2. The van der Waals surface area contributed by atoms with Crippen LogP contribution in [0.2, 0.25) is 0 Å². The number of allylic oxidation sites excluding steroid dienone is 1. The topological polar surface area (TPSA) is 26.3 Å². The Hall–Kier alpha value is -0.790. The molecule has 8 atom stereocenters. The molecule has 4 aliphatic rings. The predicted molar refractivity (Wildman–Crippen MR) is 124 cm³/mol. The van der Waals surface area contributed by atoms with Crippen LogP contribution in [-0.2, 0) is 9.53 Å². The molecule has 3 saturated carbocycles. The highest BCUT2D eigenvalue weighted by Gasteiger charge is 2.59. The van der Waals surface area contributed by atoms with Crippen molar-refractivity contribution < 1.29 is 9.53 Å². The Balaban J connectivity index is 1.47. The van der Waals surface area contributed by atoms with Crippen molar-refractivity contribution in [2.24, 2.45) is 46.3 Å². The van der Waals surface area contributed by atoms with E-state index in [2.05, 4.69) is 40.7 Å². The molecule has 30 heavy (non-hydrogen) atoms. The van der Waals surface area contributed by atoms with Gasteiger partial charge in [0.05, 0.1) is 0 Å². The smallest absolute Gasteiger partial charge is 0.293 e. The van der Waals surface area contributed by atoms with Gasteiger partial charge in [0.15, 0.2) is 0 Å². The van der Waals surface area contributed by atoms with E-state index in [4.69, 9.17) is 4.74 Å². The Bertz CT molecular complexity index is 651. The van der Waals surface area contributed by atoms with Crippen molar-refractivity contribution >= 4 is 6.47 Å². The highest BCUT2D eigenvalue weighted by molar-refractivity contribution is 5.38. The fraction of sp³-hybridized carbons (Fsp3) is 0.893. The number of rotatable bonds is 7. The van der Waals surface area contributed by atoms with Crippen molar-refractivity contribution in [2.75, 3.05) is 0 Å². The molecule has 0 radical (unpaired) electrons. The molecule has 4 rings (SSSR count). The van der Waals surface area contributed by atoms with Crippen LogP contribution in [0, 0.1) is 46.3 Å². The largest absolute Gasteiger partial charge is 0.464 e. The SMILES string of the molecule is CC(C)CCC[C@@H](C)C1CCC2C3CC=C4CC(OC=O)CC[C@]4(C)C3CC[C@@]21C. The van der Waals surface area contributed by atoms with Crippen molar-refractivity contribution in [1.82, 2.24) is 0 Å². The van der Waals surface area contributed by atoms with Crippen molar-refractivity contribution in [3.63, 3.8) is 0 Å².